The zero-order chi connectivity index (χ0) is 9.68. The van der Waals surface area contributed by atoms with E-state index in [0.717, 1.165) is 10.2 Å². The van der Waals surface area contributed by atoms with E-state index in [-0.39, 0.29) is 19.3 Å². The molecule has 0 spiro atoms. The van der Waals surface area contributed by atoms with E-state index in [1.165, 1.54) is 0 Å². The van der Waals surface area contributed by atoms with Crippen LogP contribution in [0.25, 0.3) is 0 Å². The molecule has 0 atom stereocenters. The predicted molar refractivity (Wildman–Crippen MR) is 55.7 cm³/mol. The number of anilines is 1. The van der Waals surface area contributed by atoms with E-state index in [0.29, 0.717) is 0 Å². The number of hydrogen-bond donors (Lipinski definition) is 3. The van der Waals surface area contributed by atoms with Crippen LogP contribution in [0.15, 0.2) is 28.7 Å². The van der Waals surface area contributed by atoms with Crippen molar-refractivity contribution >= 4 is 21.6 Å². The Morgan fingerprint density at radius 2 is 1.69 bits per heavy atom. The highest BCUT2D eigenvalue weighted by Gasteiger charge is 2.03. The molecule has 0 aromatic heterocycles. The predicted octanol–water partition coefficient (Wildman–Crippen LogP) is 1.21. The van der Waals surface area contributed by atoms with Crippen LogP contribution < -0.4 is 5.32 Å². The smallest absolute Gasteiger partial charge is 0.0723 e. The van der Waals surface area contributed by atoms with Gasteiger partial charge in [0.05, 0.1) is 19.3 Å². The molecule has 3 N–H and O–H groups in total. The molecule has 1 aromatic carbocycles. The Hall–Kier alpha value is -0.580. The molecule has 0 heterocycles. The fourth-order valence-corrected chi connectivity index (χ4v) is 1.20. The SMILES string of the molecule is OCC(CO)Nc1ccc(Br)cc1. The summed E-state index contributed by atoms with van der Waals surface area (Å²) in [5.74, 6) is 0. The number of aliphatic hydroxyl groups is 2. The summed E-state index contributed by atoms with van der Waals surface area (Å²) in [6.07, 6.45) is 0. The Morgan fingerprint density at radius 1 is 1.15 bits per heavy atom. The molecule has 1 aromatic rings. The zero-order valence-corrected chi connectivity index (χ0v) is 8.66. The molecule has 0 aliphatic carbocycles. The third-order valence-electron chi connectivity index (χ3n) is 1.66. The van der Waals surface area contributed by atoms with Crippen LogP contribution in [0.3, 0.4) is 0 Å². The van der Waals surface area contributed by atoms with Crippen LogP contribution in [-0.2, 0) is 0 Å². The maximum absolute atomic E-state index is 8.81. The average Bonchev–Trinajstić information content (AvgIpc) is 2.17. The summed E-state index contributed by atoms with van der Waals surface area (Å²) in [5.41, 5.74) is 0.885. The summed E-state index contributed by atoms with van der Waals surface area (Å²) in [4.78, 5) is 0. The van der Waals surface area contributed by atoms with Crippen LogP contribution in [-0.4, -0.2) is 29.5 Å². The van der Waals surface area contributed by atoms with Crippen molar-refractivity contribution in [1.29, 1.82) is 0 Å². The lowest BCUT2D eigenvalue weighted by Gasteiger charge is -2.14. The first-order valence-corrected chi connectivity index (χ1v) is 4.79. The van der Waals surface area contributed by atoms with Gasteiger partial charge in [0.2, 0.25) is 0 Å². The third kappa shape index (κ3) is 3.34. The second-order valence-corrected chi connectivity index (χ2v) is 3.63. The Balaban J connectivity index is 2.58. The highest BCUT2D eigenvalue weighted by atomic mass is 79.9. The van der Waals surface area contributed by atoms with Crippen LogP contribution in [0.2, 0.25) is 0 Å². The van der Waals surface area contributed by atoms with Crippen molar-refractivity contribution in [2.45, 2.75) is 6.04 Å². The highest BCUT2D eigenvalue weighted by molar-refractivity contribution is 9.10. The first-order valence-electron chi connectivity index (χ1n) is 4.00. The van der Waals surface area contributed by atoms with E-state index in [1.54, 1.807) is 0 Å². The first-order chi connectivity index (χ1) is 6.26. The summed E-state index contributed by atoms with van der Waals surface area (Å²) >= 11 is 3.32. The van der Waals surface area contributed by atoms with Crippen molar-refractivity contribution in [3.05, 3.63) is 28.7 Å². The summed E-state index contributed by atoms with van der Waals surface area (Å²) in [5, 5.41) is 20.6. The second-order valence-electron chi connectivity index (χ2n) is 2.71. The summed E-state index contributed by atoms with van der Waals surface area (Å²) in [6.45, 7) is -0.154. The Morgan fingerprint density at radius 3 is 2.15 bits per heavy atom. The molecular formula is C9H12BrNO2. The zero-order valence-electron chi connectivity index (χ0n) is 7.07. The molecule has 0 fully saturated rings. The van der Waals surface area contributed by atoms with Crippen LogP contribution in [0.1, 0.15) is 0 Å². The Labute approximate surface area is 85.5 Å². The minimum atomic E-state index is -0.291. The Bertz CT molecular complexity index is 246. The molecule has 3 nitrogen and oxygen atoms in total. The molecule has 1 rings (SSSR count). The van der Waals surface area contributed by atoms with Crippen molar-refractivity contribution in [2.75, 3.05) is 18.5 Å². The minimum Gasteiger partial charge on any atom is -0.394 e. The number of nitrogens with one attached hydrogen (secondary N) is 1. The van der Waals surface area contributed by atoms with Crippen LogP contribution in [0.4, 0.5) is 5.69 Å². The van der Waals surface area contributed by atoms with Crippen molar-refractivity contribution in [3.63, 3.8) is 0 Å². The standard InChI is InChI=1S/C9H12BrNO2/c10-7-1-3-8(4-2-7)11-9(5-12)6-13/h1-4,9,11-13H,5-6H2. The summed E-state index contributed by atoms with van der Waals surface area (Å²) < 4.78 is 1.00. The van der Waals surface area contributed by atoms with Crippen molar-refractivity contribution < 1.29 is 10.2 Å². The van der Waals surface area contributed by atoms with Crippen LogP contribution in [0.5, 0.6) is 0 Å². The summed E-state index contributed by atoms with van der Waals surface area (Å²) in [6, 6.07) is 7.26. The first kappa shape index (κ1) is 10.5. The van der Waals surface area contributed by atoms with Gasteiger partial charge < -0.3 is 15.5 Å². The maximum atomic E-state index is 8.81. The largest absolute Gasteiger partial charge is 0.394 e. The van der Waals surface area contributed by atoms with E-state index in [4.69, 9.17) is 10.2 Å². The minimum absolute atomic E-state index is 0.0768. The molecule has 0 aliphatic rings. The molecule has 0 saturated carbocycles. The highest BCUT2D eigenvalue weighted by Crippen LogP contribution is 2.14. The molecule has 0 unspecified atom stereocenters. The number of benzene rings is 1. The normalized spacial score (nSPS) is 10.5. The second kappa shape index (κ2) is 5.21. The van der Waals surface area contributed by atoms with Gasteiger partial charge in [0.1, 0.15) is 0 Å². The number of aliphatic hydroxyl groups excluding tert-OH is 2. The molecule has 13 heavy (non-hydrogen) atoms. The lowest BCUT2D eigenvalue weighted by molar-refractivity contribution is 0.204. The van der Waals surface area contributed by atoms with Gasteiger partial charge in [-0.1, -0.05) is 15.9 Å². The van der Waals surface area contributed by atoms with Gasteiger partial charge in [0.25, 0.3) is 0 Å². The van der Waals surface area contributed by atoms with E-state index in [2.05, 4.69) is 21.2 Å². The van der Waals surface area contributed by atoms with Gasteiger partial charge in [-0.05, 0) is 24.3 Å². The van der Waals surface area contributed by atoms with E-state index < -0.39 is 0 Å². The molecule has 72 valence electrons. The quantitative estimate of drug-likeness (QED) is 0.748. The number of rotatable bonds is 4. The third-order valence-corrected chi connectivity index (χ3v) is 2.18. The fourth-order valence-electron chi connectivity index (χ4n) is 0.931. The molecule has 0 saturated heterocycles. The molecule has 4 heteroatoms. The topological polar surface area (TPSA) is 52.5 Å². The van der Waals surface area contributed by atoms with Gasteiger partial charge in [-0.2, -0.15) is 0 Å². The molecule has 0 radical (unpaired) electrons. The number of hydrogen-bond acceptors (Lipinski definition) is 3. The van der Waals surface area contributed by atoms with Crippen molar-refractivity contribution in [1.82, 2.24) is 0 Å². The van der Waals surface area contributed by atoms with E-state index in [1.807, 2.05) is 24.3 Å². The Kier molecular flexibility index (Phi) is 4.21. The maximum Gasteiger partial charge on any atom is 0.0723 e. The van der Waals surface area contributed by atoms with Gasteiger partial charge in [-0.25, -0.2) is 0 Å². The number of halogens is 1. The van der Waals surface area contributed by atoms with Crippen LogP contribution in [0, 0.1) is 0 Å². The molecule has 0 bridgehead atoms. The van der Waals surface area contributed by atoms with Gasteiger partial charge in [-0.3, -0.25) is 0 Å². The lowest BCUT2D eigenvalue weighted by atomic mass is 10.2. The van der Waals surface area contributed by atoms with Gasteiger partial charge in [0.15, 0.2) is 0 Å². The molecular weight excluding hydrogens is 234 g/mol. The van der Waals surface area contributed by atoms with E-state index >= 15 is 0 Å². The van der Waals surface area contributed by atoms with Gasteiger partial charge in [-0.15, -0.1) is 0 Å². The van der Waals surface area contributed by atoms with Gasteiger partial charge in [0, 0.05) is 10.2 Å². The molecule has 0 aliphatic heterocycles. The summed E-state index contributed by atoms with van der Waals surface area (Å²) in [7, 11) is 0. The monoisotopic (exact) mass is 245 g/mol. The lowest BCUT2D eigenvalue weighted by Crippen LogP contribution is -2.27. The van der Waals surface area contributed by atoms with Crippen molar-refractivity contribution in [3.8, 4) is 0 Å². The van der Waals surface area contributed by atoms with Crippen molar-refractivity contribution in [2.24, 2.45) is 0 Å². The fraction of sp³-hybridized carbons (Fsp3) is 0.333. The van der Waals surface area contributed by atoms with Gasteiger partial charge >= 0.3 is 0 Å². The van der Waals surface area contributed by atoms with E-state index in [9.17, 15) is 0 Å². The van der Waals surface area contributed by atoms with Crippen LogP contribution >= 0.6 is 15.9 Å². The average molecular weight is 246 g/mol. The molecule has 0 amide bonds.